The Bertz CT molecular complexity index is 400. The quantitative estimate of drug-likeness (QED) is 0.580. The van der Waals surface area contributed by atoms with Gasteiger partial charge in [-0.1, -0.05) is 13.8 Å². The van der Waals surface area contributed by atoms with Gasteiger partial charge < -0.3 is 25.6 Å². The van der Waals surface area contributed by atoms with Crippen LogP contribution in [0.2, 0.25) is 0 Å². The van der Waals surface area contributed by atoms with Crippen LogP contribution in [-0.2, 0) is 19.1 Å². The minimum Gasteiger partial charge on any atom is -0.466 e. The van der Waals surface area contributed by atoms with Gasteiger partial charge in [0.1, 0.15) is 6.10 Å². The Kier molecular flexibility index (Phi) is 7.94. The van der Waals surface area contributed by atoms with E-state index in [4.69, 9.17) is 15.2 Å². The molecule has 1 aliphatic carbocycles. The summed E-state index contributed by atoms with van der Waals surface area (Å²) in [5, 5.41) is 13.4. The van der Waals surface area contributed by atoms with Gasteiger partial charge in [0.25, 0.3) is 0 Å². The molecular formula is C16H30N2O5. The van der Waals surface area contributed by atoms with Crippen molar-refractivity contribution in [2.45, 2.75) is 77.4 Å². The molecule has 0 aromatic rings. The molecule has 0 spiro atoms. The molecule has 23 heavy (non-hydrogen) atoms. The molecule has 1 fully saturated rings. The summed E-state index contributed by atoms with van der Waals surface area (Å²) in [6.07, 6.45) is -0.0851. The van der Waals surface area contributed by atoms with Crippen LogP contribution in [0.1, 0.15) is 47.0 Å². The highest BCUT2D eigenvalue weighted by atomic mass is 16.5. The number of ether oxygens (including phenoxy) is 2. The largest absolute Gasteiger partial charge is 0.466 e. The van der Waals surface area contributed by atoms with Crippen LogP contribution in [0, 0.1) is 5.92 Å². The lowest BCUT2D eigenvalue weighted by Gasteiger charge is -2.44. The Labute approximate surface area is 137 Å². The molecule has 0 aliphatic heterocycles. The van der Waals surface area contributed by atoms with Gasteiger partial charge in [-0.3, -0.25) is 9.59 Å². The molecule has 1 amide bonds. The number of esters is 1. The number of carbonyl (C=O) groups excluding carboxylic acids is 2. The minimum absolute atomic E-state index is 0.0703. The zero-order chi connectivity index (χ0) is 17.6. The van der Waals surface area contributed by atoms with Gasteiger partial charge in [0.15, 0.2) is 0 Å². The maximum Gasteiger partial charge on any atom is 0.311 e. The Morgan fingerprint density at radius 2 is 1.91 bits per heavy atom. The SMILES string of the molecule is CCOC(=O)C1C[C@H](N)[C@@H](NC(C)=O)[C@H](OC(CC)CC)C1O. The summed E-state index contributed by atoms with van der Waals surface area (Å²) in [5.41, 5.74) is 6.15. The van der Waals surface area contributed by atoms with Crippen LogP contribution in [0.4, 0.5) is 0 Å². The lowest BCUT2D eigenvalue weighted by Crippen LogP contribution is -2.65. The zero-order valence-corrected chi connectivity index (χ0v) is 14.5. The van der Waals surface area contributed by atoms with Gasteiger partial charge in [-0.25, -0.2) is 0 Å². The van der Waals surface area contributed by atoms with Crippen LogP contribution >= 0.6 is 0 Å². The van der Waals surface area contributed by atoms with Crippen LogP contribution in [-0.4, -0.2) is 54.0 Å². The fourth-order valence-electron chi connectivity index (χ4n) is 3.04. The number of nitrogens with two attached hydrogens (primary N) is 1. The van der Waals surface area contributed by atoms with E-state index in [0.717, 1.165) is 12.8 Å². The lowest BCUT2D eigenvalue weighted by atomic mass is 9.78. The second-order valence-electron chi connectivity index (χ2n) is 6.01. The third-order valence-corrected chi connectivity index (χ3v) is 4.31. The number of carbonyl (C=O) groups is 2. The highest BCUT2D eigenvalue weighted by Crippen LogP contribution is 2.29. The Morgan fingerprint density at radius 1 is 1.30 bits per heavy atom. The second-order valence-corrected chi connectivity index (χ2v) is 6.01. The van der Waals surface area contributed by atoms with Crippen molar-refractivity contribution in [2.24, 2.45) is 11.7 Å². The van der Waals surface area contributed by atoms with Crippen molar-refractivity contribution in [3.05, 3.63) is 0 Å². The number of aliphatic hydroxyl groups excluding tert-OH is 1. The van der Waals surface area contributed by atoms with Crippen LogP contribution in [0.25, 0.3) is 0 Å². The summed E-state index contributed by atoms with van der Waals surface area (Å²) in [6.45, 7) is 7.32. The summed E-state index contributed by atoms with van der Waals surface area (Å²) < 4.78 is 11.0. The highest BCUT2D eigenvalue weighted by molar-refractivity contribution is 5.75. The molecule has 134 valence electrons. The highest BCUT2D eigenvalue weighted by Gasteiger charge is 2.47. The molecule has 4 N–H and O–H groups in total. The lowest BCUT2D eigenvalue weighted by molar-refractivity contribution is -0.171. The average molecular weight is 330 g/mol. The van der Waals surface area contributed by atoms with Crippen molar-refractivity contribution in [1.29, 1.82) is 0 Å². The van der Waals surface area contributed by atoms with Crippen molar-refractivity contribution < 1.29 is 24.2 Å². The van der Waals surface area contributed by atoms with Crippen LogP contribution in [0.15, 0.2) is 0 Å². The molecule has 1 aliphatic rings. The molecule has 0 heterocycles. The Morgan fingerprint density at radius 3 is 2.39 bits per heavy atom. The summed E-state index contributed by atoms with van der Waals surface area (Å²) in [7, 11) is 0. The van der Waals surface area contributed by atoms with Crippen molar-refractivity contribution >= 4 is 11.9 Å². The maximum absolute atomic E-state index is 12.1. The van der Waals surface area contributed by atoms with Gasteiger partial charge in [0, 0.05) is 13.0 Å². The van der Waals surface area contributed by atoms with Gasteiger partial charge in [0.2, 0.25) is 5.91 Å². The van der Waals surface area contributed by atoms with Crippen molar-refractivity contribution in [3.63, 3.8) is 0 Å². The fraction of sp³-hybridized carbons (Fsp3) is 0.875. The van der Waals surface area contributed by atoms with Crippen LogP contribution in [0.3, 0.4) is 0 Å². The third-order valence-electron chi connectivity index (χ3n) is 4.31. The smallest absolute Gasteiger partial charge is 0.311 e. The summed E-state index contributed by atoms with van der Waals surface area (Å²) in [6, 6.07) is -1.02. The van der Waals surface area contributed by atoms with Gasteiger partial charge in [-0.15, -0.1) is 0 Å². The van der Waals surface area contributed by atoms with Gasteiger partial charge in [-0.05, 0) is 26.2 Å². The molecular weight excluding hydrogens is 300 g/mol. The summed E-state index contributed by atoms with van der Waals surface area (Å²) in [4.78, 5) is 23.5. The number of aliphatic hydroxyl groups is 1. The standard InChI is InChI=1S/C16H30N2O5/c1-5-10(6-2)23-15-13(18-9(4)19)12(17)8-11(14(15)20)16(21)22-7-3/h10-15,20H,5-8,17H2,1-4H3,(H,18,19)/t11?,12-,13+,14?,15-/m0/s1. The predicted molar refractivity (Wildman–Crippen MR) is 85.6 cm³/mol. The van der Waals surface area contributed by atoms with E-state index in [1.165, 1.54) is 6.92 Å². The number of amides is 1. The molecule has 0 radical (unpaired) electrons. The van der Waals surface area contributed by atoms with Crippen molar-refractivity contribution in [2.75, 3.05) is 6.61 Å². The van der Waals surface area contributed by atoms with Crippen LogP contribution < -0.4 is 11.1 Å². The monoisotopic (exact) mass is 330 g/mol. The second kappa shape index (κ2) is 9.20. The fourth-order valence-corrected chi connectivity index (χ4v) is 3.04. The molecule has 0 aromatic heterocycles. The number of hydrogen-bond donors (Lipinski definition) is 3. The van der Waals surface area contributed by atoms with Crippen molar-refractivity contribution in [3.8, 4) is 0 Å². The van der Waals surface area contributed by atoms with Gasteiger partial charge >= 0.3 is 5.97 Å². The number of nitrogens with one attached hydrogen (secondary N) is 1. The first kappa shape index (κ1) is 19.9. The Hall–Kier alpha value is -1.18. The molecule has 7 heteroatoms. The molecule has 1 rings (SSSR count). The predicted octanol–water partition coefficient (Wildman–Crippen LogP) is 0.336. The minimum atomic E-state index is -1.06. The van der Waals surface area contributed by atoms with Crippen LogP contribution in [0.5, 0.6) is 0 Å². The van der Waals surface area contributed by atoms with E-state index < -0.39 is 36.2 Å². The normalized spacial score (nSPS) is 31.0. The number of hydrogen-bond acceptors (Lipinski definition) is 6. The molecule has 5 atom stereocenters. The topological polar surface area (TPSA) is 111 Å². The maximum atomic E-state index is 12.1. The van der Waals surface area contributed by atoms with Crippen molar-refractivity contribution in [1.82, 2.24) is 5.32 Å². The molecule has 7 nitrogen and oxygen atoms in total. The summed E-state index contributed by atoms with van der Waals surface area (Å²) in [5.74, 6) is -1.46. The molecule has 2 unspecified atom stereocenters. The molecule has 1 saturated carbocycles. The van der Waals surface area contributed by atoms with E-state index >= 15 is 0 Å². The zero-order valence-electron chi connectivity index (χ0n) is 14.5. The summed E-state index contributed by atoms with van der Waals surface area (Å²) >= 11 is 0. The first-order valence-corrected chi connectivity index (χ1v) is 8.38. The first-order chi connectivity index (χ1) is 10.8. The van der Waals surface area contributed by atoms with E-state index in [-0.39, 0.29) is 25.0 Å². The van der Waals surface area contributed by atoms with E-state index in [2.05, 4.69) is 5.32 Å². The van der Waals surface area contributed by atoms with E-state index in [1.54, 1.807) is 6.92 Å². The van der Waals surface area contributed by atoms with Gasteiger partial charge in [-0.2, -0.15) is 0 Å². The van der Waals surface area contributed by atoms with E-state index in [1.807, 2.05) is 13.8 Å². The molecule has 0 saturated heterocycles. The first-order valence-electron chi connectivity index (χ1n) is 8.38. The van der Waals surface area contributed by atoms with Gasteiger partial charge in [0.05, 0.1) is 30.8 Å². The molecule has 0 bridgehead atoms. The third kappa shape index (κ3) is 5.16. The molecule has 0 aromatic carbocycles. The van der Waals surface area contributed by atoms with E-state index in [9.17, 15) is 14.7 Å². The average Bonchev–Trinajstić information content (AvgIpc) is 2.50. The van der Waals surface area contributed by atoms with E-state index in [0.29, 0.717) is 0 Å². The number of rotatable bonds is 7. The Balaban J connectivity index is 3.00.